The first-order valence-electron chi connectivity index (χ1n) is 6.17. The Morgan fingerprint density at radius 1 is 1.21 bits per heavy atom. The minimum atomic E-state index is -3.52. The third-order valence-electron chi connectivity index (χ3n) is 2.94. The summed E-state index contributed by atoms with van der Waals surface area (Å²) in [6, 6.07) is 9.97. The predicted molar refractivity (Wildman–Crippen MR) is 73.3 cm³/mol. The quantitative estimate of drug-likeness (QED) is 0.915. The Morgan fingerprint density at radius 2 is 1.89 bits per heavy atom. The zero-order chi connectivity index (χ0) is 13.9. The summed E-state index contributed by atoms with van der Waals surface area (Å²) >= 11 is 0. The van der Waals surface area contributed by atoms with Crippen molar-refractivity contribution in [3.63, 3.8) is 0 Å². The summed E-state index contributed by atoms with van der Waals surface area (Å²) in [5.41, 5.74) is 1.11. The number of nitrogens with one attached hydrogen (secondary N) is 1. The van der Waals surface area contributed by atoms with Gasteiger partial charge in [-0.3, -0.25) is 0 Å². The lowest BCUT2D eigenvalue weighted by molar-refractivity contribution is 0.459. The Kier molecular flexibility index (Phi) is 4.07. The van der Waals surface area contributed by atoms with E-state index in [0.29, 0.717) is 5.76 Å². The number of sulfonamides is 1. The molecule has 0 aliphatic heterocycles. The Morgan fingerprint density at radius 3 is 2.42 bits per heavy atom. The van der Waals surface area contributed by atoms with Gasteiger partial charge in [-0.1, -0.05) is 19.1 Å². The molecule has 0 aliphatic rings. The summed E-state index contributed by atoms with van der Waals surface area (Å²) in [7, 11) is -3.52. The van der Waals surface area contributed by atoms with E-state index in [2.05, 4.69) is 4.72 Å². The Hall–Kier alpha value is -1.59. The summed E-state index contributed by atoms with van der Waals surface area (Å²) in [6.45, 7) is 3.78. The van der Waals surface area contributed by atoms with Gasteiger partial charge in [-0.2, -0.15) is 0 Å². The van der Waals surface area contributed by atoms with Crippen molar-refractivity contribution in [1.82, 2.24) is 4.72 Å². The molecule has 102 valence electrons. The van der Waals surface area contributed by atoms with Gasteiger partial charge < -0.3 is 4.42 Å². The van der Waals surface area contributed by atoms with Crippen LogP contribution in [0.1, 0.15) is 31.2 Å². The average molecular weight is 279 g/mol. The number of furan rings is 1. The monoisotopic (exact) mass is 279 g/mol. The lowest BCUT2D eigenvalue weighted by Gasteiger charge is -2.12. The molecule has 1 atom stereocenters. The molecule has 0 radical (unpaired) electrons. The smallest absolute Gasteiger partial charge is 0.241 e. The van der Waals surface area contributed by atoms with Gasteiger partial charge in [0.05, 0.1) is 17.2 Å². The highest BCUT2D eigenvalue weighted by Crippen LogP contribution is 2.17. The highest BCUT2D eigenvalue weighted by atomic mass is 32.2. The largest absolute Gasteiger partial charge is 0.468 e. The van der Waals surface area contributed by atoms with Gasteiger partial charge in [0.15, 0.2) is 0 Å². The van der Waals surface area contributed by atoms with Crippen molar-refractivity contribution in [2.24, 2.45) is 0 Å². The van der Waals surface area contributed by atoms with Crippen LogP contribution in [0.3, 0.4) is 0 Å². The van der Waals surface area contributed by atoms with E-state index in [1.165, 1.54) is 6.26 Å². The lowest BCUT2D eigenvalue weighted by atomic mass is 10.2. The van der Waals surface area contributed by atoms with Crippen molar-refractivity contribution in [1.29, 1.82) is 0 Å². The average Bonchev–Trinajstić information content (AvgIpc) is 2.92. The zero-order valence-electron chi connectivity index (χ0n) is 11.0. The van der Waals surface area contributed by atoms with Crippen LogP contribution in [0.2, 0.25) is 0 Å². The van der Waals surface area contributed by atoms with Crippen LogP contribution in [0, 0.1) is 0 Å². The number of hydrogen-bond acceptors (Lipinski definition) is 3. The first-order valence-corrected chi connectivity index (χ1v) is 7.66. The van der Waals surface area contributed by atoms with Gasteiger partial charge in [0.25, 0.3) is 0 Å². The van der Waals surface area contributed by atoms with Crippen LogP contribution in [0.15, 0.2) is 52.0 Å². The van der Waals surface area contributed by atoms with Crippen LogP contribution in [-0.2, 0) is 16.4 Å². The second-order valence-corrected chi connectivity index (χ2v) is 6.07. The van der Waals surface area contributed by atoms with Crippen LogP contribution in [0.5, 0.6) is 0 Å². The van der Waals surface area contributed by atoms with Crippen molar-refractivity contribution in [2.75, 3.05) is 0 Å². The Balaban J connectivity index is 2.17. The molecule has 0 unspecified atom stereocenters. The molecule has 1 aromatic carbocycles. The molecule has 1 heterocycles. The van der Waals surface area contributed by atoms with E-state index < -0.39 is 16.1 Å². The molecule has 0 saturated heterocycles. The van der Waals surface area contributed by atoms with Gasteiger partial charge in [-0.15, -0.1) is 0 Å². The summed E-state index contributed by atoms with van der Waals surface area (Å²) in [6.07, 6.45) is 2.41. The van der Waals surface area contributed by atoms with Gasteiger partial charge in [0, 0.05) is 0 Å². The van der Waals surface area contributed by atoms with Gasteiger partial charge in [-0.05, 0) is 43.2 Å². The second-order valence-electron chi connectivity index (χ2n) is 4.36. The summed E-state index contributed by atoms with van der Waals surface area (Å²) in [5, 5.41) is 0. The second kappa shape index (κ2) is 5.59. The fourth-order valence-corrected chi connectivity index (χ4v) is 3.01. The first-order chi connectivity index (χ1) is 9.03. The molecule has 1 N–H and O–H groups in total. The topological polar surface area (TPSA) is 59.3 Å². The van der Waals surface area contributed by atoms with E-state index in [1.54, 1.807) is 31.2 Å². The molecule has 0 saturated carbocycles. The SMILES string of the molecule is CCc1ccc(S(=O)(=O)N[C@@H](C)c2ccco2)cc1. The van der Waals surface area contributed by atoms with Crippen LogP contribution in [-0.4, -0.2) is 8.42 Å². The van der Waals surface area contributed by atoms with Gasteiger partial charge in [0.2, 0.25) is 10.0 Å². The van der Waals surface area contributed by atoms with E-state index >= 15 is 0 Å². The molecule has 19 heavy (non-hydrogen) atoms. The highest BCUT2D eigenvalue weighted by molar-refractivity contribution is 7.89. The van der Waals surface area contributed by atoms with E-state index in [9.17, 15) is 8.42 Å². The summed E-state index contributed by atoms with van der Waals surface area (Å²) in [4.78, 5) is 0.267. The molecule has 0 bridgehead atoms. The minimum absolute atomic E-state index is 0.267. The number of rotatable bonds is 5. The minimum Gasteiger partial charge on any atom is -0.468 e. The maximum Gasteiger partial charge on any atom is 0.241 e. The zero-order valence-corrected chi connectivity index (χ0v) is 11.8. The molecule has 2 rings (SSSR count). The van der Waals surface area contributed by atoms with Gasteiger partial charge in [0.1, 0.15) is 5.76 Å². The molecule has 4 nitrogen and oxygen atoms in total. The van der Waals surface area contributed by atoms with Gasteiger partial charge >= 0.3 is 0 Å². The van der Waals surface area contributed by atoms with E-state index in [0.717, 1.165) is 12.0 Å². The Labute approximate surface area is 113 Å². The lowest BCUT2D eigenvalue weighted by Crippen LogP contribution is -2.26. The molecular formula is C14H17NO3S. The van der Waals surface area contributed by atoms with Crippen molar-refractivity contribution in [2.45, 2.75) is 31.2 Å². The van der Waals surface area contributed by atoms with E-state index in [1.807, 2.05) is 19.1 Å². The fraction of sp³-hybridized carbons (Fsp3) is 0.286. The molecular weight excluding hydrogens is 262 g/mol. The maximum atomic E-state index is 12.2. The van der Waals surface area contributed by atoms with Crippen molar-refractivity contribution < 1.29 is 12.8 Å². The van der Waals surface area contributed by atoms with Crippen LogP contribution in [0.4, 0.5) is 0 Å². The van der Waals surface area contributed by atoms with Gasteiger partial charge in [-0.25, -0.2) is 13.1 Å². The number of hydrogen-bond donors (Lipinski definition) is 1. The number of benzene rings is 1. The van der Waals surface area contributed by atoms with Crippen LogP contribution in [0.25, 0.3) is 0 Å². The highest BCUT2D eigenvalue weighted by Gasteiger charge is 2.19. The third-order valence-corrected chi connectivity index (χ3v) is 4.50. The molecule has 2 aromatic rings. The van der Waals surface area contributed by atoms with Crippen LogP contribution >= 0.6 is 0 Å². The van der Waals surface area contributed by atoms with Crippen molar-refractivity contribution in [3.8, 4) is 0 Å². The molecule has 0 fully saturated rings. The summed E-state index contributed by atoms with van der Waals surface area (Å²) in [5.74, 6) is 0.591. The third kappa shape index (κ3) is 3.24. The maximum absolute atomic E-state index is 12.2. The standard InChI is InChI=1S/C14H17NO3S/c1-3-12-6-8-13(9-7-12)19(16,17)15-11(2)14-5-4-10-18-14/h4-11,15H,3H2,1-2H3/t11-/m0/s1. The van der Waals surface area contributed by atoms with E-state index in [4.69, 9.17) is 4.42 Å². The molecule has 0 aliphatic carbocycles. The normalized spacial score (nSPS) is 13.4. The molecule has 0 amide bonds. The predicted octanol–water partition coefficient (Wildman–Crippen LogP) is 2.88. The number of aryl methyl sites for hydroxylation is 1. The molecule has 0 spiro atoms. The van der Waals surface area contributed by atoms with Crippen molar-refractivity contribution >= 4 is 10.0 Å². The summed E-state index contributed by atoms with van der Waals surface area (Å²) < 4.78 is 32.1. The van der Waals surface area contributed by atoms with Crippen molar-refractivity contribution in [3.05, 3.63) is 54.0 Å². The molecule has 1 aromatic heterocycles. The first kappa shape index (κ1) is 13.8. The van der Waals surface area contributed by atoms with Crippen LogP contribution < -0.4 is 4.72 Å². The molecule has 5 heteroatoms. The van der Waals surface area contributed by atoms with E-state index in [-0.39, 0.29) is 4.90 Å². The Bertz CT molecular complexity index is 615. The fourth-order valence-electron chi connectivity index (χ4n) is 1.80.